The van der Waals surface area contributed by atoms with Crippen LogP contribution in [0.2, 0.25) is 0 Å². The lowest BCUT2D eigenvalue weighted by Crippen LogP contribution is -2.40. The van der Waals surface area contributed by atoms with Crippen LogP contribution in [0.1, 0.15) is 29.0 Å². The van der Waals surface area contributed by atoms with Crippen molar-refractivity contribution in [1.82, 2.24) is 24.7 Å². The van der Waals surface area contributed by atoms with Gasteiger partial charge in [0, 0.05) is 32.7 Å². The summed E-state index contributed by atoms with van der Waals surface area (Å²) < 4.78 is 6.40. The molecule has 1 saturated heterocycles. The lowest BCUT2D eigenvalue weighted by molar-refractivity contribution is -0.139. The second kappa shape index (κ2) is 8.28. The van der Waals surface area contributed by atoms with Gasteiger partial charge in [-0.3, -0.25) is 9.59 Å². The summed E-state index contributed by atoms with van der Waals surface area (Å²) >= 11 is 0. The van der Waals surface area contributed by atoms with Gasteiger partial charge >= 0.3 is 12.0 Å². The van der Waals surface area contributed by atoms with Crippen molar-refractivity contribution in [1.29, 1.82) is 0 Å². The normalized spacial score (nSPS) is 13.6. The summed E-state index contributed by atoms with van der Waals surface area (Å²) in [5.41, 5.74) is 2.23. The lowest BCUT2D eigenvalue weighted by atomic mass is 10.2. The van der Waals surface area contributed by atoms with Gasteiger partial charge in [-0.2, -0.15) is 0 Å². The van der Waals surface area contributed by atoms with Gasteiger partial charge in [-0.1, -0.05) is 0 Å². The van der Waals surface area contributed by atoms with E-state index in [4.69, 9.17) is 0 Å². The van der Waals surface area contributed by atoms with Crippen molar-refractivity contribution in [3.63, 3.8) is 0 Å². The number of rotatable bonds is 5. The van der Waals surface area contributed by atoms with Gasteiger partial charge in [0.15, 0.2) is 0 Å². The predicted octanol–water partition coefficient (Wildman–Crippen LogP) is 1.12. The van der Waals surface area contributed by atoms with Crippen molar-refractivity contribution in [2.75, 3.05) is 33.8 Å². The summed E-state index contributed by atoms with van der Waals surface area (Å²) in [6.45, 7) is 1.67. The average Bonchev–Trinajstić information content (AvgIpc) is 3.33. The van der Waals surface area contributed by atoms with Gasteiger partial charge in [0.25, 0.3) is 5.91 Å². The number of benzene rings is 1. The molecule has 1 fully saturated rings. The summed E-state index contributed by atoms with van der Waals surface area (Å²) in [6, 6.07) is 5.10. The molecule has 0 bridgehead atoms. The van der Waals surface area contributed by atoms with Crippen molar-refractivity contribution in [2.24, 2.45) is 7.05 Å². The summed E-state index contributed by atoms with van der Waals surface area (Å²) in [5, 5.41) is 2.49. The summed E-state index contributed by atoms with van der Waals surface area (Å²) in [7, 11) is 4.75. The number of aromatic nitrogens is 2. The molecule has 9 heteroatoms. The molecule has 2 aromatic rings. The number of hydrogen-bond acceptors (Lipinski definition) is 5. The minimum absolute atomic E-state index is 0.0332. The van der Waals surface area contributed by atoms with Gasteiger partial charge in [0.1, 0.15) is 12.4 Å². The summed E-state index contributed by atoms with van der Waals surface area (Å²) in [4.78, 5) is 43.7. The Bertz CT molecular complexity index is 901. The molecular formula is C19H25N5O4. The minimum atomic E-state index is -0.514. The molecule has 9 nitrogen and oxygen atoms in total. The van der Waals surface area contributed by atoms with E-state index < -0.39 is 12.0 Å². The standard InChI is InChI=1S/C19H25N5O4/c1-22(19(27)20-11-17(25)28-3)12-16-21-14-10-13(6-7-15(14)23(16)2)18(26)24-8-4-5-9-24/h6-7,10H,4-5,8-9,11-12H2,1-3H3,(H,20,27). The maximum Gasteiger partial charge on any atom is 0.325 e. The van der Waals surface area contributed by atoms with Crippen molar-refractivity contribution in [3.05, 3.63) is 29.6 Å². The van der Waals surface area contributed by atoms with E-state index in [-0.39, 0.29) is 19.0 Å². The Balaban J connectivity index is 1.73. The molecule has 0 radical (unpaired) electrons. The van der Waals surface area contributed by atoms with Crippen LogP contribution in [-0.4, -0.2) is 71.1 Å². The number of aryl methyl sites for hydroxylation is 1. The van der Waals surface area contributed by atoms with Crippen LogP contribution in [0, 0.1) is 0 Å². The zero-order valence-electron chi connectivity index (χ0n) is 16.4. The van der Waals surface area contributed by atoms with Crippen LogP contribution in [0.15, 0.2) is 18.2 Å². The van der Waals surface area contributed by atoms with Crippen LogP contribution in [0.5, 0.6) is 0 Å². The van der Waals surface area contributed by atoms with Crippen molar-refractivity contribution < 1.29 is 19.1 Å². The third-order valence-corrected chi connectivity index (χ3v) is 4.95. The van der Waals surface area contributed by atoms with Crippen molar-refractivity contribution in [2.45, 2.75) is 19.4 Å². The van der Waals surface area contributed by atoms with E-state index >= 15 is 0 Å². The van der Waals surface area contributed by atoms with E-state index in [2.05, 4.69) is 15.0 Å². The summed E-state index contributed by atoms with van der Waals surface area (Å²) in [5.74, 6) is 0.196. The Morgan fingerprint density at radius 1 is 1.25 bits per heavy atom. The number of urea groups is 1. The van der Waals surface area contributed by atoms with E-state index in [0.717, 1.165) is 31.4 Å². The Hall–Kier alpha value is -3.10. The van der Waals surface area contributed by atoms with E-state index in [1.807, 2.05) is 28.6 Å². The largest absolute Gasteiger partial charge is 0.468 e. The molecule has 1 aliphatic heterocycles. The summed E-state index contributed by atoms with van der Waals surface area (Å²) in [6.07, 6.45) is 2.10. The molecule has 0 saturated carbocycles. The second-order valence-corrected chi connectivity index (χ2v) is 6.88. The molecule has 1 aliphatic rings. The highest BCUT2D eigenvalue weighted by atomic mass is 16.5. The molecule has 1 aromatic heterocycles. The SMILES string of the molecule is COC(=O)CNC(=O)N(C)Cc1nc2cc(C(=O)N3CCCC3)ccc2n1C. The smallest absolute Gasteiger partial charge is 0.325 e. The number of nitrogens with zero attached hydrogens (tertiary/aromatic N) is 4. The fourth-order valence-corrected chi connectivity index (χ4v) is 3.27. The van der Waals surface area contributed by atoms with Crippen LogP contribution in [0.4, 0.5) is 4.79 Å². The Morgan fingerprint density at radius 3 is 2.64 bits per heavy atom. The third-order valence-electron chi connectivity index (χ3n) is 4.95. The number of imidazole rings is 1. The Morgan fingerprint density at radius 2 is 1.96 bits per heavy atom. The van der Waals surface area contributed by atoms with E-state index in [9.17, 15) is 14.4 Å². The Kier molecular flexibility index (Phi) is 5.81. The first-order valence-electron chi connectivity index (χ1n) is 9.21. The molecule has 0 unspecified atom stereocenters. The van der Waals surface area contributed by atoms with Crippen LogP contribution in [0.3, 0.4) is 0 Å². The molecule has 0 aliphatic carbocycles. The number of fused-ring (bicyclic) bond motifs is 1. The average molecular weight is 387 g/mol. The van der Waals surface area contributed by atoms with Crippen LogP contribution in [0.25, 0.3) is 11.0 Å². The van der Waals surface area contributed by atoms with Gasteiger partial charge in [0.2, 0.25) is 0 Å². The molecule has 3 amide bonds. The van der Waals surface area contributed by atoms with E-state index in [0.29, 0.717) is 16.9 Å². The number of hydrogen-bond donors (Lipinski definition) is 1. The number of amides is 3. The number of carbonyl (C=O) groups is 3. The second-order valence-electron chi connectivity index (χ2n) is 6.88. The molecule has 1 N–H and O–H groups in total. The third kappa shape index (κ3) is 4.08. The van der Waals surface area contributed by atoms with Crippen LogP contribution in [-0.2, 0) is 23.1 Å². The number of methoxy groups -OCH3 is 1. The van der Waals surface area contributed by atoms with E-state index in [1.54, 1.807) is 13.1 Å². The van der Waals surface area contributed by atoms with Crippen molar-refractivity contribution >= 4 is 28.9 Å². The number of nitrogens with one attached hydrogen (secondary N) is 1. The zero-order chi connectivity index (χ0) is 20.3. The molecule has 28 heavy (non-hydrogen) atoms. The first-order chi connectivity index (χ1) is 13.4. The fraction of sp³-hybridized carbons (Fsp3) is 0.474. The zero-order valence-corrected chi connectivity index (χ0v) is 16.4. The first kappa shape index (κ1) is 19.7. The van der Waals surface area contributed by atoms with Gasteiger partial charge in [-0.05, 0) is 31.0 Å². The maximum absolute atomic E-state index is 12.6. The molecule has 150 valence electrons. The maximum atomic E-state index is 12.6. The fourth-order valence-electron chi connectivity index (χ4n) is 3.27. The minimum Gasteiger partial charge on any atom is -0.468 e. The molecular weight excluding hydrogens is 362 g/mol. The van der Waals surface area contributed by atoms with Gasteiger partial charge < -0.3 is 24.4 Å². The number of ether oxygens (including phenoxy) is 1. The molecule has 3 rings (SSSR count). The highest BCUT2D eigenvalue weighted by Crippen LogP contribution is 2.20. The Labute approximate surface area is 163 Å². The predicted molar refractivity (Wildman–Crippen MR) is 103 cm³/mol. The van der Waals surface area contributed by atoms with Gasteiger partial charge in [-0.25, -0.2) is 9.78 Å². The molecule has 0 spiro atoms. The highest BCUT2D eigenvalue weighted by molar-refractivity contribution is 5.97. The molecule has 1 aromatic carbocycles. The highest BCUT2D eigenvalue weighted by Gasteiger charge is 2.21. The van der Waals surface area contributed by atoms with Crippen LogP contribution >= 0.6 is 0 Å². The van der Waals surface area contributed by atoms with E-state index in [1.165, 1.54) is 12.0 Å². The molecule has 0 atom stereocenters. The number of esters is 1. The number of carbonyl (C=O) groups excluding carboxylic acids is 3. The monoisotopic (exact) mass is 387 g/mol. The van der Waals surface area contributed by atoms with Crippen LogP contribution < -0.4 is 5.32 Å². The first-order valence-corrected chi connectivity index (χ1v) is 9.21. The quantitative estimate of drug-likeness (QED) is 0.776. The van der Waals surface area contributed by atoms with Crippen molar-refractivity contribution in [3.8, 4) is 0 Å². The van der Waals surface area contributed by atoms with Gasteiger partial charge in [-0.15, -0.1) is 0 Å². The van der Waals surface area contributed by atoms with Gasteiger partial charge in [0.05, 0.1) is 24.7 Å². The number of likely N-dealkylation sites (tertiary alicyclic amines) is 1. The molecule has 2 heterocycles. The lowest BCUT2D eigenvalue weighted by Gasteiger charge is -2.17. The topological polar surface area (TPSA) is 96.8 Å².